The lowest BCUT2D eigenvalue weighted by Gasteiger charge is -2.05. The van der Waals surface area contributed by atoms with Crippen LogP contribution in [0.15, 0.2) is 12.2 Å². The van der Waals surface area contributed by atoms with E-state index in [0.29, 0.717) is 32.0 Å². The lowest BCUT2D eigenvalue weighted by molar-refractivity contribution is -0.140. The highest BCUT2D eigenvalue weighted by molar-refractivity contribution is 9.09. The summed E-state index contributed by atoms with van der Waals surface area (Å²) in [5.74, 6) is -0.380. The van der Waals surface area contributed by atoms with Gasteiger partial charge in [-0.15, -0.1) is 0 Å². The molecule has 0 heterocycles. The van der Waals surface area contributed by atoms with E-state index in [1.807, 2.05) is 0 Å². The first-order chi connectivity index (χ1) is 7.18. The molecule has 0 spiro atoms. The summed E-state index contributed by atoms with van der Waals surface area (Å²) in [4.78, 5) is 10.9. The van der Waals surface area contributed by atoms with Crippen LogP contribution in [0.2, 0.25) is 0 Å². The van der Waals surface area contributed by atoms with Gasteiger partial charge in [0.05, 0.1) is 26.4 Å². The van der Waals surface area contributed by atoms with Crippen molar-refractivity contribution in [3.8, 4) is 0 Å². The molecule has 0 saturated heterocycles. The third-order valence-corrected chi connectivity index (χ3v) is 1.73. The van der Waals surface area contributed by atoms with Crippen LogP contribution in [0, 0.1) is 0 Å². The van der Waals surface area contributed by atoms with E-state index in [9.17, 15) is 4.79 Å². The normalized spacial score (nSPS) is 10.0. The molecule has 0 aliphatic carbocycles. The van der Waals surface area contributed by atoms with E-state index >= 15 is 0 Å². The Morgan fingerprint density at radius 3 is 2.20 bits per heavy atom. The van der Waals surface area contributed by atoms with E-state index in [4.69, 9.17) is 14.2 Å². The Labute approximate surface area is 98.7 Å². The molecule has 0 aromatic carbocycles. The van der Waals surface area contributed by atoms with E-state index in [2.05, 4.69) is 22.5 Å². The number of halogens is 1. The molecule has 0 radical (unpaired) electrons. The minimum absolute atomic E-state index is 0.254. The molecule has 4 nitrogen and oxygen atoms in total. The topological polar surface area (TPSA) is 44.8 Å². The van der Waals surface area contributed by atoms with Crippen LogP contribution < -0.4 is 0 Å². The summed E-state index contributed by atoms with van der Waals surface area (Å²) < 4.78 is 15.1. The number of ether oxygens (including phenoxy) is 3. The largest absolute Gasteiger partial charge is 0.460 e. The number of alkyl halides is 1. The second-order valence-electron chi connectivity index (χ2n) is 2.83. The Morgan fingerprint density at radius 1 is 1.13 bits per heavy atom. The standard InChI is InChI=1S/C10H17BrO4/c1-9(2)10(12)15-8-7-14-6-5-13-4-3-11/h1,3-8H2,2H3. The maximum absolute atomic E-state index is 10.9. The van der Waals surface area contributed by atoms with Gasteiger partial charge in [0.1, 0.15) is 6.61 Å². The van der Waals surface area contributed by atoms with Crippen LogP contribution in [-0.4, -0.2) is 44.3 Å². The number of esters is 1. The lowest BCUT2D eigenvalue weighted by Crippen LogP contribution is -2.13. The lowest BCUT2D eigenvalue weighted by atomic mass is 10.4. The number of hydrogen-bond acceptors (Lipinski definition) is 4. The molecule has 0 fully saturated rings. The van der Waals surface area contributed by atoms with Gasteiger partial charge in [-0.05, 0) is 6.92 Å². The van der Waals surface area contributed by atoms with E-state index < -0.39 is 0 Å². The maximum atomic E-state index is 10.9. The number of carbonyl (C=O) groups is 1. The van der Waals surface area contributed by atoms with Gasteiger partial charge in [-0.2, -0.15) is 0 Å². The van der Waals surface area contributed by atoms with Crippen LogP contribution in [-0.2, 0) is 19.0 Å². The summed E-state index contributed by atoms with van der Waals surface area (Å²) in [6.45, 7) is 7.45. The smallest absolute Gasteiger partial charge is 0.333 e. The Bertz CT molecular complexity index is 194. The first kappa shape index (κ1) is 14.6. The third-order valence-electron chi connectivity index (χ3n) is 1.40. The second kappa shape index (κ2) is 10.1. The summed E-state index contributed by atoms with van der Waals surface area (Å²) in [7, 11) is 0. The Balaban J connectivity index is 3.11. The monoisotopic (exact) mass is 280 g/mol. The molecule has 0 aromatic rings. The number of rotatable bonds is 9. The van der Waals surface area contributed by atoms with Gasteiger partial charge in [0.25, 0.3) is 0 Å². The highest BCUT2D eigenvalue weighted by Gasteiger charge is 2.01. The van der Waals surface area contributed by atoms with Gasteiger partial charge in [0, 0.05) is 10.9 Å². The molecular weight excluding hydrogens is 264 g/mol. The molecule has 15 heavy (non-hydrogen) atoms. The van der Waals surface area contributed by atoms with Crippen molar-refractivity contribution in [2.24, 2.45) is 0 Å². The van der Waals surface area contributed by atoms with Gasteiger partial charge in [-0.1, -0.05) is 22.5 Å². The first-order valence-electron chi connectivity index (χ1n) is 4.72. The fraction of sp³-hybridized carbons (Fsp3) is 0.700. The average Bonchev–Trinajstić information content (AvgIpc) is 2.21. The van der Waals surface area contributed by atoms with Gasteiger partial charge >= 0.3 is 5.97 Å². The van der Waals surface area contributed by atoms with Crippen molar-refractivity contribution >= 4 is 21.9 Å². The highest BCUT2D eigenvalue weighted by Crippen LogP contribution is 1.91. The second-order valence-corrected chi connectivity index (χ2v) is 3.62. The molecular formula is C10H17BrO4. The van der Waals surface area contributed by atoms with E-state index in [-0.39, 0.29) is 12.6 Å². The fourth-order valence-electron chi connectivity index (χ4n) is 0.693. The van der Waals surface area contributed by atoms with Crippen LogP contribution >= 0.6 is 15.9 Å². The predicted molar refractivity (Wildman–Crippen MR) is 61.2 cm³/mol. The molecule has 0 N–H and O–H groups in total. The molecule has 0 aliphatic rings. The number of hydrogen-bond donors (Lipinski definition) is 0. The highest BCUT2D eigenvalue weighted by atomic mass is 79.9. The zero-order chi connectivity index (χ0) is 11.5. The SMILES string of the molecule is C=C(C)C(=O)OCCOCCOCCBr. The zero-order valence-electron chi connectivity index (χ0n) is 8.96. The van der Waals surface area contributed by atoms with Crippen LogP contribution in [0.25, 0.3) is 0 Å². The Hall–Kier alpha value is -0.390. The predicted octanol–water partition coefficient (Wildman–Crippen LogP) is 1.53. The van der Waals surface area contributed by atoms with Crippen LogP contribution in [0.4, 0.5) is 0 Å². The van der Waals surface area contributed by atoms with E-state index in [1.165, 1.54) is 0 Å². The first-order valence-corrected chi connectivity index (χ1v) is 5.84. The van der Waals surface area contributed by atoms with Gasteiger partial charge in [-0.3, -0.25) is 0 Å². The van der Waals surface area contributed by atoms with Gasteiger partial charge in [0.2, 0.25) is 0 Å². The molecule has 0 amide bonds. The molecule has 0 aliphatic heterocycles. The summed E-state index contributed by atoms with van der Waals surface area (Å²) in [6, 6.07) is 0. The van der Waals surface area contributed by atoms with E-state index in [1.54, 1.807) is 6.92 Å². The van der Waals surface area contributed by atoms with E-state index in [0.717, 1.165) is 5.33 Å². The minimum atomic E-state index is -0.380. The summed E-state index contributed by atoms with van der Waals surface area (Å²) in [5, 5.41) is 0.823. The van der Waals surface area contributed by atoms with Crippen LogP contribution in [0.1, 0.15) is 6.92 Å². The van der Waals surface area contributed by atoms with Gasteiger partial charge in [0.15, 0.2) is 0 Å². The molecule has 0 rings (SSSR count). The quantitative estimate of drug-likeness (QED) is 0.278. The van der Waals surface area contributed by atoms with Gasteiger partial charge < -0.3 is 14.2 Å². The Morgan fingerprint density at radius 2 is 1.67 bits per heavy atom. The fourth-order valence-corrected chi connectivity index (χ4v) is 0.922. The van der Waals surface area contributed by atoms with Crippen molar-refractivity contribution in [1.82, 2.24) is 0 Å². The van der Waals surface area contributed by atoms with Crippen molar-refractivity contribution in [1.29, 1.82) is 0 Å². The van der Waals surface area contributed by atoms with Crippen LogP contribution in [0.3, 0.4) is 0 Å². The van der Waals surface area contributed by atoms with Crippen molar-refractivity contribution < 1.29 is 19.0 Å². The zero-order valence-corrected chi connectivity index (χ0v) is 10.5. The molecule has 5 heteroatoms. The maximum Gasteiger partial charge on any atom is 0.333 e. The van der Waals surface area contributed by atoms with Gasteiger partial charge in [-0.25, -0.2) is 4.79 Å². The summed E-state index contributed by atoms with van der Waals surface area (Å²) >= 11 is 3.24. The van der Waals surface area contributed by atoms with Crippen molar-refractivity contribution in [3.05, 3.63) is 12.2 Å². The van der Waals surface area contributed by atoms with Crippen molar-refractivity contribution in [2.45, 2.75) is 6.92 Å². The third kappa shape index (κ3) is 9.90. The molecule has 88 valence electrons. The van der Waals surface area contributed by atoms with Crippen molar-refractivity contribution in [3.63, 3.8) is 0 Å². The summed E-state index contributed by atoms with van der Waals surface area (Å²) in [5.41, 5.74) is 0.399. The number of carbonyl (C=O) groups excluding carboxylic acids is 1. The summed E-state index contributed by atoms with van der Waals surface area (Å²) in [6.07, 6.45) is 0. The molecule has 0 unspecified atom stereocenters. The van der Waals surface area contributed by atoms with Crippen LogP contribution in [0.5, 0.6) is 0 Å². The molecule has 0 atom stereocenters. The Kier molecular flexibility index (Phi) is 9.88. The molecule has 0 aromatic heterocycles. The molecule has 0 saturated carbocycles. The average molecular weight is 281 g/mol. The minimum Gasteiger partial charge on any atom is -0.460 e. The van der Waals surface area contributed by atoms with Crippen molar-refractivity contribution in [2.75, 3.05) is 38.4 Å². The molecule has 0 bridgehead atoms.